The quantitative estimate of drug-likeness (QED) is 0.281. The van der Waals surface area contributed by atoms with Crippen LogP contribution >= 0.6 is 0 Å². The first kappa shape index (κ1) is 24.9. The van der Waals surface area contributed by atoms with Gasteiger partial charge in [-0.15, -0.1) is 0 Å². The lowest BCUT2D eigenvalue weighted by Gasteiger charge is -2.31. The van der Waals surface area contributed by atoms with Crippen LogP contribution in [-0.4, -0.2) is 22.0 Å². The number of carbonyl (C=O) groups is 1. The molecule has 196 valence electrons. The Morgan fingerprint density at radius 3 is 2.36 bits per heavy atom. The summed E-state index contributed by atoms with van der Waals surface area (Å²) in [4.78, 5) is 20.9. The lowest BCUT2D eigenvalue weighted by atomic mass is 10.00. The number of benzene rings is 3. The zero-order valence-electron chi connectivity index (χ0n) is 22.9. The van der Waals surface area contributed by atoms with Gasteiger partial charge in [0.1, 0.15) is 5.69 Å². The van der Waals surface area contributed by atoms with Gasteiger partial charge >= 0.3 is 0 Å². The second-order valence-electron chi connectivity index (χ2n) is 10.6. The lowest BCUT2D eigenvalue weighted by molar-refractivity contribution is 0.0946. The molecule has 0 radical (unpaired) electrons. The second-order valence-corrected chi connectivity index (χ2v) is 10.6. The van der Waals surface area contributed by atoms with E-state index < -0.39 is 0 Å². The molecule has 2 aromatic heterocycles. The van der Waals surface area contributed by atoms with Crippen LogP contribution in [0.15, 0.2) is 84.9 Å². The Labute approximate surface area is 230 Å². The Balaban J connectivity index is 1.43. The molecule has 0 spiro atoms. The number of aryl methyl sites for hydroxylation is 2. The third-order valence-corrected chi connectivity index (χ3v) is 8.02. The molecule has 1 N–H and O–H groups in total. The number of anilines is 1. The minimum atomic E-state index is -0.149. The molecule has 1 amide bonds. The number of nitrogens with zero attached hydrogens (tertiary/aromatic N) is 3. The van der Waals surface area contributed by atoms with Crippen LogP contribution < -0.4 is 10.2 Å². The molecule has 6 rings (SSSR count). The number of aromatic nitrogens is 2. The Morgan fingerprint density at radius 1 is 0.872 bits per heavy atom. The second kappa shape index (κ2) is 10.4. The van der Waals surface area contributed by atoms with Gasteiger partial charge in [0.2, 0.25) is 0 Å². The SMILES string of the molecule is Cc1ccc(CNC(=O)c2cc3c(C)c(C)n(Cc4ccccc4)c3c(N3CCc4ccccc4C3)n2)cc1. The van der Waals surface area contributed by atoms with Gasteiger partial charge in [-0.2, -0.15) is 0 Å². The zero-order valence-corrected chi connectivity index (χ0v) is 22.9. The molecule has 1 aliphatic heterocycles. The third-order valence-electron chi connectivity index (χ3n) is 8.02. The van der Waals surface area contributed by atoms with Gasteiger partial charge in [-0.3, -0.25) is 4.79 Å². The van der Waals surface area contributed by atoms with Crippen molar-refractivity contribution >= 4 is 22.6 Å². The maximum atomic E-state index is 13.5. The van der Waals surface area contributed by atoms with Gasteiger partial charge in [0.05, 0.1) is 5.52 Å². The number of fused-ring (bicyclic) bond motifs is 2. The van der Waals surface area contributed by atoms with Gasteiger partial charge < -0.3 is 14.8 Å². The molecule has 3 heterocycles. The fourth-order valence-corrected chi connectivity index (χ4v) is 5.60. The highest BCUT2D eigenvalue weighted by atomic mass is 16.1. The first-order valence-corrected chi connectivity index (χ1v) is 13.7. The molecule has 5 heteroatoms. The van der Waals surface area contributed by atoms with Crippen molar-refractivity contribution in [2.75, 3.05) is 11.4 Å². The summed E-state index contributed by atoms with van der Waals surface area (Å²) >= 11 is 0. The van der Waals surface area contributed by atoms with Crippen LogP contribution in [0, 0.1) is 20.8 Å². The first-order chi connectivity index (χ1) is 19.0. The lowest BCUT2D eigenvalue weighted by Crippen LogP contribution is -2.32. The largest absolute Gasteiger partial charge is 0.350 e. The summed E-state index contributed by atoms with van der Waals surface area (Å²) in [6, 6.07) is 29.4. The molecular formula is C34H34N4O. The predicted molar refractivity (Wildman–Crippen MR) is 158 cm³/mol. The van der Waals surface area contributed by atoms with Crippen LogP contribution in [0.2, 0.25) is 0 Å². The number of nitrogens with one attached hydrogen (secondary N) is 1. The van der Waals surface area contributed by atoms with Crippen LogP contribution in [-0.2, 0) is 26.1 Å². The van der Waals surface area contributed by atoms with E-state index in [2.05, 4.69) is 114 Å². The fraction of sp³-hybridized carbons (Fsp3) is 0.235. The van der Waals surface area contributed by atoms with Crippen LogP contribution in [0.4, 0.5) is 5.82 Å². The monoisotopic (exact) mass is 514 g/mol. The van der Waals surface area contributed by atoms with Crippen molar-refractivity contribution in [2.24, 2.45) is 0 Å². The summed E-state index contributed by atoms with van der Waals surface area (Å²) in [5.41, 5.74) is 10.2. The molecule has 39 heavy (non-hydrogen) atoms. The Bertz CT molecular complexity index is 1650. The van der Waals surface area contributed by atoms with E-state index in [4.69, 9.17) is 4.98 Å². The van der Waals surface area contributed by atoms with Crippen LogP contribution in [0.1, 0.15) is 49.6 Å². The summed E-state index contributed by atoms with van der Waals surface area (Å²) < 4.78 is 2.37. The van der Waals surface area contributed by atoms with Crippen molar-refractivity contribution in [3.8, 4) is 0 Å². The summed E-state index contributed by atoms with van der Waals surface area (Å²) in [5.74, 6) is 0.735. The van der Waals surface area contributed by atoms with Crippen molar-refractivity contribution in [2.45, 2.75) is 46.8 Å². The van der Waals surface area contributed by atoms with E-state index in [1.165, 1.54) is 33.5 Å². The minimum absolute atomic E-state index is 0.149. The molecule has 0 unspecified atom stereocenters. The average Bonchev–Trinajstić information content (AvgIpc) is 3.21. The fourth-order valence-electron chi connectivity index (χ4n) is 5.60. The van der Waals surface area contributed by atoms with Crippen molar-refractivity contribution < 1.29 is 4.79 Å². The summed E-state index contributed by atoms with van der Waals surface area (Å²) in [5, 5.41) is 4.19. The highest BCUT2D eigenvalue weighted by Gasteiger charge is 2.25. The van der Waals surface area contributed by atoms with E-state index in [1.807, 2.05) is 6.07 Å². The Kier molecular flexibility index (Phi) is 6.65. The number of rotatable bonds is 6. The normalized spacial score (nSPS) is 12.9. The molecule has 0 saturated heterocycles. The van der Waals surface area contributed by atoms with Crippen molar-refractivity contribution in [1.29, 1.82) is 0 Å². The van der Waals surface area contributed by atoms with E-state index in [9.17, 15) is 4.79 Å². The molecular weight excluding hydrogens is 480 g/mol. The minimum Gasteiger partial charge on any atom is -0.350 e. The summed E-state index contributed by atoms with van der Waals surface area (Å²) in [7, 11) is 0. The molecule has 0 fully saturated rings. The molecule has 0 atom stereocenters. The number of hydrogen-bond donors (Lipinski definition) is 1. The van der Waals surface area contributed by atoms with Gasteiger partial charge in [0, 0.05) is 37.3 Å². The van der Waals surface area contributed by atoms with E-state index in [1.54, 1.807) is 0 Å². The van der Waals surface area contributed by atoms with Crippen LogP contribution in [0.25, 0.3) is 10.9 Å². The van der Waals surface area contributed by atoms with Gasteiger partial charge in [-0.05, 0) is 61.1 Å². The first-order valence-electron chi connectivity index (χ1n) is 13.7. The average molecular weight is 515 g/mol. The molecule has 3 aromatic carbocycles. The van der Waals surface area contributed by atoms with E-state index >= 15 is 0 Å². The smallest absolute Gasteiger partial charge is 0.270 e. The number of amides is 1. The molecule has 1 aliphatic rings. The van der Waals surface area contributed by atoms with Gasteiger partial charge in [-0.25, -0.2) is 4.98 Å². The van der Waals surface area contributed by atoms with Crippen LogP contribution in [0.5, 0.6) is 0 Å². The highest BCUT2D eigenvalue weighted by Crippen LogP contribution is 2.35. The Morgan fingerprint density at radius 2 is 1.59 bits per heavy atom. The van der Waals surface area contributed by atoms with Crippen molar-refractivity contribution in [3.05, 3.63) is 130 Å². The maximum absolute atomic E-state index is 13.5. The topological polar surface area (TPSA) is 50.2 Å². The maximum Gasteiger partial charge on any atom is 0.270 e. The van der Waals surface area contributed by atoms with Crippen LogP contribution in [0.3, 0.4) is 0 Å². The van der Waals surface area contributed by atoms with Gasteiger partial charge in [-0.1, -0.05) is 84.4 Å². The summed E-state index contributed by atoms with van der Waals surface area (Å²) in [6.07, 6.45) is 0.959. The summed E-state index contributed by atoms with van der Waals surface area (Å²) in [6.45, 7) is 9.26. The predicted octanol–water partition coefficient (Wildman–Crippen LogP) is 6.50. The number of carbonyl (C=O) groups excluding carboxylic acids is 1. The van der Waals surface area contributed by atoms with E-state index in [0.29, 0.717) is 12.2 Å². The standard InChI is InChI=1S/C34H34N4O/c1-23-13-15-26(16-14-23)20-35-34(39)31-19-30-24(2)25(3)38(21-27-9-5-4-6-10-27)32(30)33(36-31)37-18-17-28-11-7-8-12-29(28)22-37/h4-16,19H,17-18,20-22H2,1-3H3,(H,35,39). The van der Waals surface area contributed by atoms with Crippen molar-refractivity contribution in [1.82, 2.24) is 14.9 Å². The number of pyridine rings is 1. The van der Waals surface area contributed by atoms with Gasteiger partial charge in [0.25, 0.3) is 5.91 Å². The molecule has 0 aliphatic carbocycles. The molecule has 0 saturated carbocycles. The zero-order chi connectivity index (χ0) is 26.9. The molecule has 5 aromatic rings. The Hall–Kier alpha value is -4.38. The van der Waals surface area contributed by atoms with E-state index in [-0.39, 0.29) is 5.91 Å². The van der Waals surface area contributed by atoms with Crippen molar-refractivity contribution in [3.63, 3.8) is 0 Å². The van der Waals surface area contributed by atoms with Gasteiger partial charge in [0.15, 0.2) is 5.82 Å². The highest BCUT2D eigenvalue weighted by molar-refractivity contribution is 6.01. The molecule has 5 nitrogen and oxygen atoms in total. The third kappa shape index (κ3) is 4.92. The van der Waals surface area contributed by atoms with E-state index in [0.717, 1.165) is 48.3 Å². The molecule has 0 bridgehead atoms. The number of hydrogen-bond acceptors (Lipinski definition) is 3.